The Morgan fingerprint density at radius 3 is 2.72 bits per heavy atom. The normalized spacial score (nSPS) is 15.0. The molecule has 1 aliphatic carbocycles. The molecule has 1 heteroatoms. The van der Waals surface area contributed by atoms with Gasteiger partial charge >= 0.3 is 0 Å². The lowest BCUT2D eigenvalue weighted by Crippen LogP contribution is -2.30. The number of allylic oxidation sites excluding steroid dienone is 1. The fourth-order valence-electron chi connectivity index (χ4n) is 3.71. The Morgan fingerprint density at radius 1 is 1.00 bits per heavy atom. The summed E-state index contributed by atoms with van der Waals surface area (Å²) in [5.41, 5.74) is 4.26. The molecule has 0 nitrogen and oxygen atoms in total. The first-order valence-electron chi connectivity index (χ1n) is 8.88. The average molecular weight is 436 g/mol. The predicted molar refractivity (Wildman–Crippen MR) is 118 cm³/mol. The van der Waals surface area contributed by atoms with E-state index in [2.05, 4.69) is 102 Å². The molecule has 1 aliphatic rings. The van der Waals surface area contributed by atoms with Crippen LogP contribution in [0, 0.1) is 3.57 Å². The van der Waals surface area contributed by atoms with Crippen LogP contribution in [0.1, 0.15) is 30.0 Å². The van der Waals surface area contributed by atoms with Crippen LogP contribution in [-0.2, 0) is 12.8 Å². The molecular formula is C24H21I. The molecule has 4 rings (SSSR count). The summed E-state index contributed by atoms with van der Waals surface area (Å²) < 4.78 is 1.29. The van der Waals surface area contributed by atoms with Crippen LogP contribution in [0.2, 0.25) is 0 Å². The van der Waals surface area contributed by atoms with Crippen molar-refractivity contribution in [3.05, 3.63) is 85.3 Å². The van der Waals surface area contributed by atoms with E-state index in [4.69, 9.17) is 0 Å². The minimum atomic E-state index is 0.970. The highest BCUT2D eigenvalue weighted by Crippen LogP contribution is 2.19. The van der Waals surface area contributed by atoms with E-state index in [-0.39, 0.29) is 0 Å². The summed E-state index contributed by atoms with van der Waals surface area (Å²) in [6.45, 7) is 2.16. The van der Waals surface area contributed by atoms with Gasteiger partial charge in [0.15, 0.2) is 0 Å². The van der Waals surface area contributed by atoms with E-state index in [1.165, 1.54) is 41.5 Å². The summed E-state index contributed by atoms with van der Waals surface area (Å²) in [4.78, 5) is 0. The molecule has 0 aliphatic heterocycles. The van der Waals surface area contributed by atoms with Gasteiger partial charge in [0.1, 0.15) is 0 Å². The standard InChI is InChI=1S/C24H21I/c1-2-23-19(12-11-18-5-3-4-6-24(18)23)9-7-17-8-10-21-16-22(25)14-13-20(21)15-17/h2-3,5,8-16H,4,6-7H2,1H3/b19-9-,23-2+. The average Bonchev–Trinajstić information content (AvgIpc) is 2.65. The van der Waals surface area contributed by atoms with Crippen molar-refractivity contribution in [3.8, 4) is 0 Å². The quantitative estimate of drug-likeness (QED) is 0.483. The molecule has 0 saturated heterocycles. The second-order valence-corrected chi connectivity index (χ2v) is 7.85. The lowest BCUT2D eigenvalue weighted by atomic mass is 9.93. The fourth-order valence-corrected chi connectivity index (χ4v) is 4.23. The van der Waals surface area contributed by atoms with E-state index < -0.39 is 0 Å². The maximum Gasteiger partial charge on any atom is 0.0136 e. The van der Waals surface area contributed by atoms with Gasteiger partial charge in [-0.2, -0.15) is 0 Å². The van der Waals surface area contributed by atoms with Crippen LogP contribution >= 0.6 is 22.6 Å². The molecule has 124 valence electrons. The summed E-state index contributed by atoms with van der Waals surface area (Å²) in [5.74, 6) is 0. The van der Waals surface area contributed by atoms with Crippen LogP contribution in [0.15, 0.2) is 54.6 Å². The van der Waals surface area contributed by atoms with Crippen molar-refractivity contribution >= 4 is 51.6 Å². The van der Waals surface area contributed by atoms with Crippen molar-refractivity contribution in [1.82, 2.24) is 0 Å². The first-order valence-corrected chi connectivity index (χ1v) is 9.95. The minimum Gasteiger partial charge on any atom is -0.0836 e. The lowest BCUT2D eigenvalue weighted by molar-refractivity contribution is 0.971. The number of rotatable bonds is 2. The first kappa shape index (κ1) is 16.6. The second kappa shape index (κ2) is 7.17. The molecule has 0 bridgehead atoms. The largest absolute Gasteiger partial charge is 0.0836 e. The van der Waals surface area contributed by atoms with Crippen LogP contribution < -0.4 is 10.4 Å². The third-order valence-electron chi connectivity index (χ3n) is 5.00. The Balaban J connectivity index is 1.73. The minimum absolute atomic E-state index is 0.970. The third kappa shape index (κ3) is 3.43. The molecule has 0 unspecified atom stereocenters. The van der Waals surface area contributed by atoms with Crippen molar-refractivity contribution in [2.75, 3.05) is 0 Å². The van der Waals surface area contributed by atoms with Gasteiger partial charge in [-0.25, -0.2) is 0 Å². The predicted octanol–water partition coefficient (Wildman–Crippen LogP) is 5.23. The summed E-state index contributed by atoms with van der Waals surface area (Å²) in [6, 6.07) is 18.0. The molecule has 0 atom stereocenters. The van der Waals surface area contributed by atoms with E-state index >= 15 is 0 Å². The topological polar surface area (TPSA) is 0 Å². The summed E-state index contributed by atoms with van der Waals surface area (Å²) in [5, 5.41) is 5.42. The van der Waals surface area contributed by atoms with Gasteiger partial charge in [0, 0.05) is 3.57 Å². The van der Waals surface area contributed by atoms with Gasteiger partial charge < -0.3 is 0 Å². The van der Waals surface area contributed by atoms with Crippen molar-refractivity contribution < 1.29 is 0 Å². The molecule has 0 radical (unpaired) electrons. The molecular weight excluding hydrogens is 415 g/mol. The Kier molecular flexibility index (Phi) is 4.76. The van der Waals surface area contributed by atoms with Gasteiger partial charge in [0.2, 0.25) is 0 Å². The number of hydrogen-bond acceptors (Lipinski definition) is 0. The Hall–Kier alpha value is -1.87. The van der Waals surface area contributed by atoms with E-state index in [1.54, 1.807) is 0 Å². The molecule has 0 aromatic heterocycles. The van der Waals surface area contributed by atoms with Crippen molar-refractivity contribution in [2.45, 2.75) is 26.2 Å². The van der Waals surface area contributed by atoms with Crippen LogP contribution in [0.3, 0.4) is 0 Å². The molecule has 0 spiro atoms. The molecule has 0 fully saturated rings. The van der Waals surface area contributed by atoms with Crippen LogP contribution in [0.4, 0.5) is 0 Å². The number of halogens is 1. The van der Waals surface area contributed by atoms with Gasteiger partial charge in [-0.1, -0.05) is 60.7 Å². The van der Waals surface area contributed by atoms with E-state index in [0.29, 0.717) is 0 Å². The Bertz CT molecular complexity index is 1090. The fraction of sp³-hybridized carbons (Fsp3) is 0.167. The summed E-state index contributed by atoms with van der Waals surface area (Å²) >= 11 is 2.37. The maximum atomic E-state index is 2.38. The highest BCUT2D eigenvalue weighted by molar-refractivity contribution is 14.1. The van der Waals surface area contributed by atoms with Crippen molar-refractivity contribution in [3.63, 3.8) is 0 Å². The molecule has 0 saturated carbocycles. The highest BCUT2D eigenvalue weighted by Gasteiger charge is 2.06. The van der Waals surface area contributed by atoms with Gasteiger partial charge in [0.25, 0.3) is 0 Å². The summed E-state index contributed by atoms with van der Waals surface area (Å²) in [7, 11) is 0. The van der Waals surface area contributed by atoms with Crippen molar-refractivity contribution in [1.29, 1.82) is 0 Å². The molecule has 0 N–H and O–H groups in total. The molecule has 3 aromatic carbocycles. The zero-order valence-electron chi connectivity index (χ0n) is 14.4. The van der Waals surface area contributed by atoms with Crippen LogP contribution in [0.5, 0.6) is 0 Å². The molecule has 0 heterocycles. The zero-order chi connectivity index (χ0) is 17.2. The van der Waals surface area contributed by atoms with Crippen LogP contribution in [-0.4, -0.2) is 0 Å². The van der Waals surface area contributed by atoms with Gasteiger partial charge in [-0.05, 0) is 98.8 Å². The maximum absolute atomic E-state index is 2.38. The van der Waals surface area contributed by atoms with E-state index in [0.717, 1.165) is 19.3 Å². The van der Waals surface area contributed by atoms with Gasteiger partial charge in [-0.3, -0.25) is 0 Å². The van der Waals surface area contributed by atoms with Crippen LogP contribution in [0.25, 0.3) is 29.0 Å². The zero-order valence-corrected chi connectivity index (χ0v) is 16.6. The van der Waals surface area contributed by atoms with Crippen molar-refractivity contribution in [2.24, 2.45) is 0 Å². The second-order valence-electron chi connectivity index (χ2n) is 6.60. The molecule has 3 aromatic rings. The summed E-state index contributed by atoms with van der Waals surface area (Å²) in [6.07, 6.45) is 12.5. The van der Waals surface area contributed by atoms with Gasteiger partial charge in [0.05, 0.1) is 0 Å². The SMILES string of the molecule is C/C=c1/c2c(cc/c1=C/Cc1ccc3cc(I)ccc3c1)C=CCC2. The highest BCUT2D eigenvalue weighted by atomic mass is 127. The Labute approximate surface area is 162 Å². The van der Waals surface area contributed by atoms with E-state index in [1.807, 2.05) is 0 Å². The first-order chi connectivity index (χ1) is 12.2. The number of benzene rings is 3. The van der Waals surface area contributed by atoms with Gasteiger partial charge in [-0.15, -0.1) is 0 Å². The Morgan fingerprint density at radius 2 is 1.84 bits per heavy atom. The smallest absolute Gasteiger partial charge is 0.0136 e. The number of hydrogen-bond donors (Lipinski definition) is 0. The monoisotopic (exact) mass is 436 g/mol. The third-order valence-corrected chi connectivity index (χ3v) is 5.67. The number of fused-ring (bicyclic) bond motifs is 2. The molecule has 0 amide bonds. The molecule has 25 heavy (non-hydrogen) atoms. The van der Waals surface area contributed by atoms with E-state index in [9.17, 15) is 0 Å². The lowest BCUT2D eigenvalue weighted by Gasteiger charge is -2.11.